The molecule has 0 unspecified atom stereocenters. The van der Waals surface area contributed by atoms with E-state index in [9.17, 15) is 4.79 Å². The Bertz CT molecular complexity index is 790. The first-order valence-corrected chi connectivity index (χ1v) is 7.49. The van der Waals surface area contributed by atoms with Gasteiger partial charge in [-0.15, -0.1) is 0 Å². The summed E-state index contributed by atoms with van der Waals surface area (Å²) in [4.78, 5) is 12.3. The van der Waals surface area contributed by atoms with Crippen molar-refractivity contribution in [1.29, 1.82) is 0 Å². The largest absolute Gasteiger partial charge is 0.349 e. The molecule has 0 fully saturated rings. The predicted molar refractivity (Wildman–Crippen MR) is 87.4 cm³/mol. The predicted octanol–water partition coefficient (Wildman–Crippen LogP) is 2.16. The summed E-state index contributed by atoms with van der Waals surface area (Å²) in [7, 11) is 1.85. The summed E-state index contributed by atoms with van der Waals surface area (Å²) >= 11 is 0. The highest BCUT2D eigenvalue weighted by atomic mass is 16.2. The van der Waals surface area contributed by atoms with Crippen molar-refractivity contribution in [2.75, 3.05) is 0 Å². The van der Waals surface area contributed by atoms with Crippen molar-refractivity contribution < 1.29 is 4.79 Å². The third-order valence-corrected chi connectivity index (χ3v) is 3.70. The Hall–Kier alpha value is -2.89. The Morgan fingerprint density at radius 1 is 1.22 bits per heavy atom. The monoisotopic (exact) mass is 309 g/mol. The molecule has 0 saturated heterocycles. The van der Waals surface area contributed by atoms with E-state index in [4.69, 9.17) is 0 Å². The molecule has 3 rings (SSSR count). The van der Waals surface area contributed by atoms with E-state index in [2.05, 4.69) is 15.5 Å². The van der Waals surface area contributed by atoms with Crippen LogP contribution in [0.2, 0.25) is 0 Å². The number of hydrogen-bond acceptors (Lipinski definition) is 3. The Morgan fingerprint density at radius 2 is 2.00 bits per heavy atom. The van der Waals surface area contributed by atoms with Gasteiger partial charge in [0.05, 0.1) is 18.4 Å². The maximum Gasteiger partial charge on any atom is 0.244 e. The zero-order valence-electron chi connectivity index (χ0n) is 13.2. The van der Waals surface area contributed by atoms with Gasteiger partial charge in [-0.1, -0.05) is 30.3 Å². The number of aryl methyl sites for hydroxylation is 1. The Balaban J connectivity index is 1.64. The lowest BCUT2D eigenvalue weighted by atomic mass is 10.1. The summed E-state index contributed by atoms with van der Waals surface area (Å²) in [5, 5.41) is 11.4. The first-order chi connectivity index (χ1) is 11.1. The van der Waals surface area contributed by atoms with E-state index in [-0.39, 0.29) is 11.9 Å². The molecule has 0 bridgehead atoms. The molecule has 1 aromatic carbocycles. The summed E-state index contributed by atoms with van der Waals surface area (Å²) in [5.74, 6) is -0.0848. The van der Waals surface area contributed by atoms with Crippen molar-refractivity contribution in [2.24, 2.45) is 7.05 Å². The van der Waals surface area contributed by atoms with Crippen LogP contribution in [0.25, 0.3) is 11.1 Å². The third-order valence-electron chi connectivity index (χ3n) is 3.70. The highest BCUT2D eigenvalue weighted by molar-refractivity contribution is 5.79. The van der Waals surface area contributed by atoms with Gasteiger partial charge in [-0.25, -0.2) is 0 Å². The van der Waals surface area contributed by atoms with Crippen molar-refractivity contribution >= 4 is 5.91 Å². The molecular weight excluding hydrogens is 290 g/mol. The lowest BCUT2D eigenvalue weighted by Crippen LogP contribution is -2.31. The molecule has 1 amide bonds. The van der Waals surface area contributed by atoms with E-state index in [0.29, 0.717) is 6.54 Å². The standard InChI is InChI=1S/C17H19N5O/c1-13(17(23)18-11-16-8-9-21(2)20-16)22-12-15(10-19-22)14-6-4-3-5-7-14/h3-10,12-13H,11H2,1-2H3,(H,18,23)/t13-/m1/s1. The first-order valence-electron chi connectivity index (χ1n) is 7.49. The van der Waals surface area contributed by atoms with Crippen molar-refractivity contribution in [3.63, 3.8) is 0 Å². The molecule has 1 atom stereocenters. The number of nitrogens with one attached hydrogen (secondary N) is 1. The van der Waals surface area contributed by atoms with E-state index < -0.39 is 0 Å². The van der Waals surface area contributed by atoms with Gasteiger partial charge in [0.25, 0.3) is 0 Å². The zero-order valence-corrected chi connectivity index (χ0v) is 13.2. The summed E-state index contributed by atoms with van der Waals surface area (Å²) in [6, 6.07) is 11.5. The number of benzene rings is 1. The summed E-state index contributed by atoms with van der Waals surface area (Å²) in [6.07, 6.45) is 5.52. The summed E-state index contributed by atoms with van der Waals surface area (Å²) in [6.45, 7) is 2.24. The number of aromatic nitrogens is 4. The van der Waals surface area contributed by atoms with E-state index in [1.165, 1.54) is 0 Å². The lowest BCUT2D eigenvalue weighted by Gasteiger charge is -2.11. The van der Waals surface area contributed by atoms with Gasteiger partial charge in [0.2, 0.25) is 5.91 Å². The molecular formula is C17H19N5O. The van der Waals surface area contributed by atoms with Crippen LogP contribution in [-0.2, 0) is 18.4 Å². The van der Waals surface area contributed by atoms with Gasteiger partial charge in [0, 0.05) is 25.0 Å². The maximum atomic E-state index is 12.3. The average molecular weight is 309 g/mol. The van der Waals surface area contributed by atoms with Crippen molar-refractivity contribution in [2.45, 2.75) is 19.5 Å². The fourth-order valence-electron chi connectivity index (χ4n) is 2.33. The quantitative estimate of drug-likeness (QED) is 0.785. The minimum Gasteiger partial charge on any atom is -0.349 e. The molecule has 0 aliphatic carbocycles. The van der Waals surface area contributed by atoms with E-state index in [1.54, 1.807) is 15.6 Å². The second kappa shape index (κ2) is 6.48. The molecule has 0 aliphatic rings. The SMILES string of the molecule is C[C@H](C(=O)NCc1ccn(C)n1)n1cc(-c2ccccc2)cn1. The number of carbonyl (C=O) groups is 1. The van der Waals surface area contributed by atoms with E-state index in [0.717, 1.165) is 16.8 Å². The smallest absolute Gasteiger partial charge is 0.244 e. The number of nitrogens with zero attached hydrogens (tertiary/aromatic N) is 4. The fraction of sp³-hybridized carbons (Fsp3) is 0.235. The molecule has 118 valence electrons. The molecule has 0 radical (unpaired) electrons. The van der Waals surface area contributed by atoms with Gasteiger partial charge in [-0.3, -0.25) is 14.2 Å². The van der Waals surface area contributed by atoms with Gasteiger partial charge >= 0.3 is 0 Å². The van der Waals surface area contributed by atoms with Crippen LogP contribution in [0.15, 0.2) is 55.0 Å². The normalized spacial score (nSPS) is 12.1. The first kappa shape index (κ1) is 15.0. The summed E-state index contributed by atoms with van der Waals surface area (Å²) in [5.41, 5.74) is 2.91. The Kier molecular flexibility index (Phi) is 4.23. The molecule has 2 heterocycles. The lowest BCUT2D eigenvalue weighted by molar-refractivity contribution is -0.124. The number of hydrogen-bond donors (Lipinski definition) is 1. The third kappa shape index (κ3) is 3.48. The Labute approximate surface area is 134 Å². The topological polar surface area (TPSA) is 64.7 Å². The van der Waals surface area contributed by atoms with Crippen LogP contribution in [-0.4, -0.2) is 25.5 Å². The number of carbonyl (C=O) groups excluding carboxylic acids is 1. The fourth-order valence-corrected chi connectivity index (χ4v) is 2.33. The average Bonchev–Trinajstić information content (AvgIpc) is 3.22. The molecule has 1 N–H and O–H groups in total. The molecule has 0 aliphatic heterocycles. The second-order valence-electron chi connectivity index (χ2n) is 5.45. The van der Waals surface area contributed by atoms with Gasteiger partial charge in [0.15, 0.2) is 0 Å². The van der Waals surface area contributed by atoms with E-state index in [1.807, 2.05) is 62.8 Å². The molecule has 0 spiro atoms. The minimum absolute atomic E-state index is 0.0848. The van der Waals surface area contributed by atoms with Crippen molar-refractivity contribution in [3.8, 4) is 11.1 Å². The molecule has 6 heteroatoms. The van der Waals surface area contributed by atoms with Crippen LogP contribution in [0.4, 0.5) is 0 Å². The van der Waals surface area contributed by atoms with E-state index >= 15 is 0 Å². The number of rotatable bonds is 5. The molecule has 0 saturated carbocycles. The number of amides is 1. The van der Waals surface area contributed by atoms with Crippen LogP contribution < -0.4 is 5.32 Å². The van der Waals surface area contributed by atoms with Gasteiger partial charge in [-0.05, 0) is 18.6 Å². The van der Waals surface area contributed by atoms with Crippen LogP contribution in [0, 0.1) is 0 Å². The van der Waals surface area contributed by atoms with Crippen LogP contribution in [0.5, 0.6) is 0 Å². The molecule has 6 nitrogen and oxygen atoms in total. The van der Waals surface area contributed by atoms with Crippen LogP contribution >= 0.6 is 0 Å². The minimum atomic E-state index is -0.379. The molecule has 2 aromatic heterocycles. The molecule has 3 aromatic rings. The maximum absolute atomic E-state index is 12.3. The van der Waals surface area contributed by atoms with Crippen molar-refractivity contribution in [1.82, 2.24) is 24.9 Å². The summed E-state index contributed by atoms with van der Waals surface area (Å²) < 4.78 is 3.39. The Morgan fingerprint density at radius 3 is 2.70 bits per heavy atom. The highest BCUT2D eigenvalue weighted by Crippen LogP contribution is 2.19. The highest BCUT2D eigenvalue weighted by Gasteiger charge is 2.16. The zero-order chi connectivity index (χ0) is 16.2. The van der Waals surface area contributed by atoms with Crippen LogP contribution in [0.3, 0.4) is 0 Å². The molecule has 23 heavy (non-hydrogen) atoms. The second-order valence-corrected chi connectivity index (χ2v) is 5.45. The van der Waals surface area contributed by atoms with Gasteiger partial charge in [0.1, 0.15) is 6.04 Å². The van der Waals surface area contributed by atoms with Crippen molar-refractivity contribution in [3.05, 3.63) is 60.7 Å². The van der Waals surface area contributed by atoms with Gasteiger partial charge < -0.3 is 5.32 Å². The van der Waals surface area contributed by atoms with Crippen LogP contribution in [0.1, 0.15) is 18.7 Å². The van der Waals surface area contributed by atoms with Gasteiger partial charge in [-0.2, -0.15) is 10.2 Å².